The molecule has 0 aliphatic rings. The molecule has 0 nitrogen and oxygen atoms in total. The molecule has 1 unspecified atom stereocenters. The van der Waals surface area contributed by atoms with Crippen molar-refractivity contribution in [2.45, 2.75) is 18.5 Å². The van der Waals surface area contributed by atoms with Gasteiger partial charge in [0.1, 0.15) is 5.83 Å². The van der Waals surface area contributed by atoms with Gasteiger partial charge in [0.15, 0.2) is 12.1 Å². The Morgan fingerprint density at radius 2 is 1.21 bits per heavy atom. The van der Waals surface area contributed by atoms with E-state index in [0.29, 0.717) is 0 Å². The monoisotopic (exact) mass is 228 g/mol. The summed E-state index contributed by atoms with van der Waals surface area (Å²) in [4.78, 5) is 0. The lowest BCUT2D eigenvalue weighted by Gasteiger charge is -2.24. The van der Waals surface area contributed by atoms with Crippen LogP contribution in [0.3, 0.4) is 0 Å². The molecule has 0 aliphatic carbocycles. The van der Waals surface area contributed by atoms with Crippen LogP contribution in [0.5, 0.6) is 0 Å². The second-order valence-corrected chi connectivity index (χ2v) is 2.41. The first-order valence-corrected chi connectivity index (χ1v) is 3.09. The van der Waals surface area contributed by atoms with Gasteiger partial charge in [-0.15, -0.1) is 0 Å². The number of hydrogen-bond donors (Lipinski definition) is 0. The van der Waals surface area contributed by atoms with E-state index in [4.69, 9.17) is 0 Å². The van der Waals surface area contributed by atoms with Crippen molar-refractivity contribution in [3.63, 3.8) is 0 Å². The van der Waals surface area contributed by atoms with Crippen molar-refractivity contribution in [3.8, 4) is 0 Å². The summed E-state index contributed by atoms with van der Waals surface area (Å²) in [7, 11) is 0. The second kappa shape index (κ2) is 3.74. The van der Waals surface area contributed by atoms with Crippen LogP contribution in [-0.2, 0) is 0 Å². The Morgan fingerprint density at radius 1 is 0.929 bits per heavy atom. The molecule has 0 fully saturated rings. The molecule has 0 saturated carbocycles. The van der Waals surface area contributed by atoms with Crippen molar-refractivity contribution in [1.29, 1.82) is 0 Å². The normalized spacial score (nSPS) is 15.8. The van der Waals surface area contributed by atoms with Crippen LogP contribution in [0, 0.1) is 5.92 Å². The molecule has 0 saturated heterocycles. The van der Waals surface area contributed by atoms with Gasteiger partial charge in [0.2, 0.25) is 0 Å². The molecule has 1 atom stereocenters. The van der Waals surface area contributed by atoms with E-state index >= 15 is 0 Å². The van der Waals surface area contributed by atoms with Gasteiger partial charge >= 0.3 is 12.4 Å². The molecule has 0 heterocycles. The molecule has 0 aliphatic heterocycles. The Labute approximate surface area is 73.2 Å². The summed E-state index contributed by atoms with van der Waals surface area (Å²) >= 11 is 0. The zero-order valence-electron chi connectivity index (χ0n) is 6.39. The van der Waals surface area contributed by atoms with Crippen molar-refractivity contribution in [3.05, 3.63) is 12.4 Å². The topological polar surface area (TPSA) is 0 Å². The van der Waals surface area contributed by atoms with Gasteiger partial charge in [-0.3, -0.25) is 0 Å². The van der Waals surface area contributed by atoms with Gasteiger partial charge in [0, 0.05) is 0 Å². The smallest absolute Gasteiger partial charge is 0.239 e. The van der Waals surface area contributed by atoms with Gasteiger partial charge in [-0.1, -0.05) is 6.58 Å². The first-order chi connectivity index (χ1) is 5.98. The third-order valence-electron chi connectivity index (χ3n) is 1.30. The summed E-state index contributed by atoms with van der Waals surface area (Å²) < 4.78 is 94.1. The van der Waals surface area contributed by atoms with E-state index in [1.54, 1.807) is 0 Å². The van der Waals surface area contributed by atoms with Gasteiger partial charge < -0.3 is 0 Å². The largest absolute Gasteiger partial charge is 0.403 e. The number of hydrogen-bond acceptors (Lipinski definition) is 0. The minimum atomic E-state index is -5.90. The maximum atomic E-state index is 12.3. The molecular weight excluding hydrogens is 224 g/mol. The Bertz CT molecular complexity index is 197. The maximum Gasteiger partial charge on any atom is 0.403 e. The van der Waals surface area contributed by atoms with Crippen LogP contribution in [0.1, 0.15) is 0 Å². The highest BCUT2D eigenvalue weighted by molar-refractivity contribution is 4.99. The Kier molecular flexibility index (Phi) is 3.52. The third kappa shape index (κ3) is 3.15. The number of rotatable bonds is 2. The minimum Gasteiger partial charge on any atom is -0.239 e. The van der Waals surface area contributed by atoms with Gasteiger partial charge in [-0.25, -0.2) is 8.78 Å². The lowest BCUT2D eigenvalue weighted by Crippen LogP contribution is -2.43. The molecule has 0 rings (SSSR count). The van der Waals surface area contributed by atoms with Crippen LogP contribution in [-0.4, -0.2) is 18.5 Å². The Hall–Kier alpha value is -0.820. The zero-order valence-corrected chi connectivity index (χ0v) is 6.39. The highest BCUT2D eigenvalue weighted by atomic mass is 19.4. The van der Waals surface area contributed by atoms with Crippen molar-refractivity contribution < 1.29 is 35.1 Å². The molecule has 0 bridgehead atoms. The molecule has 0 N–H and O–H groups in total. The molecule has 0 amide bonds. The molecule has 14 heavy (non-hydrogen) atoms. The molecule has 8 heteroatoms. The predicted octanol–water partition coefficient (Wildman–Crippen LogP) is 3.55. The van der Waals surface area contributed by atoms with E-state index in [2.05, 4.69) is 6.58 Å². The maximum absolute atomic E-state index is 12.3. The molecule has 0 aromatic carbocycles. The quantitative estimate of drug-likeness (QED) is 0.634. The lowest BCUT2D eigenvalue weighted by molar-refractivity contribution is -0.296. The zero-order chi connectivity index (χ0) is 11.7. The summed E-state index contributed by atoms with van der Waals surface area (Å²) in [5.74, 6) is -6.67. The van der Waals surface area contributed by atoms with Crippen molar-refractivity contribution in [2.75, 3.05) is 0 Å². The summed E-state index contributed by atoms with van der Waals surface area (Å²) in [5.41, 5.74) is 0. The first kappa shape index (κ1) is 13.2. The van der Waals surface area contributed by atoms with Crippen molar-refractivity contribution in [1.82, 2.24) is 0 Å². The number of halogens is 8. The first-order valence-electron chi connectivity index (χ1n) is 3.09. The third-order valence-corrected chi connectivity index (χ3v) is 1.30. The number of alkyl halides is 7. The van der Waals surface area contributed by atoms with Crippen molar-refractivity contribution in [2.24, 2.45) is 5.92 Å². The molecular formula is C6H4F8. The standard InChI is InChI=1S/C6H4F8/c1-2(7)3(8)4(5(9,10)11)6(12,13)14/h3-4H,1H2. The van der Waals surface area contributed by atoms with Crippen LogP contribution >= 0.6 is 0 Å². The van der Waals surface area contributed by atoms with E-state index in [1.165, 1.54) is 0 Å². The highest BCUT2D eigenvalue weighted by Gasteiger charge is 2.61. The fourth-order valence-electron chi connectivity index (χ4n) is 0.698. The van der Waals surface area contributed by atoms with Crippen LogP contribution in [0.2, 0.25) is 0 Å². The lowest BCUT2D eigenvalue weighted by atomic mass is 10.0. The summed E-state index contributed by atoms with van der Waals surface area (Å²) in [6.45, 7) is 2.06. The molecule has 0 aromatic rings. The van der Waals surface area contributed by atoms with Crippen LogP contribution in [0.25, 0.3) is 0 Å². The Morgan fingerprint density at radius 3 is 1.29 bits per heavy atom. The van der Waals surface area contributed by atoms with E-state index in [1.807, 2.05) is 0 Å². The second-order valence-electron chi connectivity index (χ2n) is 2.41. The van der Waals surface area contributed by atoms with E-state index in [-0.39, 0.29) is 0 Å². The van der Waals surface area contributed by atoms with Crippen LogP contribution < -0.4 is 0 Å². The molecule has 0 aromatic heterocycles. The summed E-state index contributed by atoms with van der Waals surface area (Å²) in [5, 5.41) is 0. The average Bonchev–Trinajstić information content (AvgIpc) is 1.79. The minimum absolute atomic E-state index is 2.06. The van der Waals surface area contributed by atoms with Crippen LogP contribution in [0.4, 0.5) is 35.1 Å². The van der Waals surface area contributed by atoms with Gasteiger partial charge in [-0.05, 0) is 0 Å². The fourth-order valence-corrected chi connectivity index (χ4v) is 0.698. The summed E-state index contributed by atoms with van der Waals surface area (Å²) in [6, 6.07) is 0. The van der Waals surface area contributed by atoms with E-state index in [0.717, 1.165) is 0 Å². The Balaban J connectivity index is 5.03. The SMILES string of the molecule is C=C(F)C(F)C(C(F)(F)F)C(F)(F)F. The molecule has 0 spiro atoms. The highest BCUT2D eigenvalue weighted by Crippen LogP contribution is 2.44. The average molecular weight is 228 g/mol. The van der Waals surface area contributed by atoms with Crippen LogP contribution in [0.15, 0.2) is 12.4 Å². The van der Waals surface area contributed by atoms with Crippen molar-refractivity contribution >= 4 is 0 Å². The van der Waals surface area contributed by atoms with Gasteiger partial charge in [0.05, 0.1) is 0 Å². The summed E-state index contributed by atoms with van der Waals surface area (Å²) in [6.07, 6.45) is -15.6. The fraction of sp³-hybridized carbons (Fsp3) is 0.667. The van der Waals surface area contributed by atoms with Gasteiger partial charge in [0.25, 0.3) is 0 Å². The predicted molar refractivity (Wildman–Crippen MR) is 30.7 cm³/mol. The van der Waals surface area contributed by atoms with E-state index in [9.17, 15) is 35.1 Å². The van der Waals surface area contributed by atoms with E-state index < -0.39 is 30.3 Å². The molecule has 84 valence electrons. The molecule has 0 radical (unpaired) electrons. The van der Waals surface area contributed by atoms with Gasteiger partial charge in [-0.2, -0.15) is 26.3 Å². The number of allylic oxidation sites excluding steroid dienone is 1.